The quantitative estimate of drug-likeness (QED) is 0.571. The van der Waals surface area contributed by atoms with E-state index >= 15 is 0 Å². The minimum absolute atomic E-state index is 0. The van der Waals surface area contributed by atoms with Crippen LogP contribution >= 0.6 is 12.2 Å². The van der Waals surface area contributed by atoms with Crippen molar-refractivity contribution in [3.05, 3.63) is 0 Å². The van der Waals surface area contributed by atoms with Crippen LogP contribution in [0.5, 0.6) is 0 Å². The van der Waals surface area contributed by atoms with Crippen LogP contribution in [0.25, 0.3) is 0 Å². The van der Waals surface area contributed by atoms with Gasteiger partial charge in [0.25, 0.3) is 0 Å². The first-order chi connectivity index (χ1) is 6.52. The molecule has 2 unspecified atom stereocenters. The Morgan fingerprint density at radius 2 is 2.13 bits per heavy atom. The summed E-state index contributed by atoms with van der Waals surface area (Å²) in [5.74, 6) is -1.46. The topological polar surface area (TPSA) is 78.8 Å². The molecule has 7 heteroatoms. The molecule has 0 aromatic heterocycles. The third-order valence-corrected chi connectivity index (χ3v) is 1.75. The van der Waals surface area contributed by atoms with Crippen molar-refractivity contribution < 1.29 is 47.4 Å². The van der Waals surface area contributed by atoms with Gasteiger partial charge < -0.3 is 10.4 Å². The predicted octanol–water partition coefficient (Wildman–Crippen LogP) is 0.455. The zero-order chi connectivity index (χ0) is 11.1. The van der Waals surface area contributed by atoms with Gasteiger partial charge in [-0.15, -0.1) is 0 Å². The Hall–Kier alpha value is -0.156. The van der Waals surface area contributed by atoms with E-state index in [1.807, 2.05) is 0 Å². The van der Waals surface area contributed by atoms with Crippen molar-refractivity contribution in [1.82, 2.24) is 5.32 Å². The molecule has 0 aliphatic heterocycles. The normalized spacial score (nSPS) is 12.7. The molecule has 0 aromatic rings. The molecule has 0 rings (SSSR count). The molecule has 1 radical (unpaired) electrons. The van der Waals surface area contributed by atoms with Gasteiger partial charge in [-0.05, 0) is 19.1 Å². The van der Waals surface area contributed by atoms with Crippen LogP contribution in [0.3, 0.4) is 0 Å². The number of carboxylic acids is 1. The number of nitrogens with one attached hydrogen (secondary N) is 1. The molecule has 81 valence electrons. The van der Waals surface area contributed by atoms with Crippen LogP contribution in [0.4, 0.5) is 0 Å². The van der Waals surface area contributed by atoms with Gasteiger partial charge in [0, 0.05) is 39.1 Å². The Balaban J connectivity index is 0. The van der Waals surface area contributed by atoms with Crippen LogP contribution in [0.2, 0.25) is 0 Å². The third kappa shape index (κ3) is 6.84. The van der Waals surface area contributed by atoms with Gasteiger partial charge in [0.2, 0.25) is 5.91 Å². The van der Waals surface area contributed by atoms with Crippen molar-refractivity contribution in [1.29, 1.82) is 0 Å². The van der Waals surface area contributed by atoms with Crippen LogP contribution in [0, 0.1) is 0 Å². The summed E-state index contributed by atoms with van der Waals surface area (Å²) >= 11 is 4.35. The summed E-state index contributed by atoms with van der Waals surface area (Å²) in [6.07, 6.45) is 0.234. The summed E-state index contributed by atoms with van der Waals surface area (Å²) in [4.78, 5) is 25.3. The van der Waals surface area contributed by atoms with Crippen molar-refractivity contribution in [3.8, 4) is 0 Å². The Labute approximate surface area is 119 Å². The number of carbonyl (C=O) groups is 2. The van der Waals surface area contributed by atoms with Gasteiger partial charge in [-0.3, -0.25) is 4.79 Å². The van der Waals surface area contributed by atoms with Gasteiger partial charge in [0.05, 0.1) is 11.2 Å². The molecule has 0 saturated carbocycles. The zero-order valence-corrected chi connectivity index (χ0v) is 12.2. The number of aliphatic imine (C=N–C) groups is 1. The molecule has 0 aromatic carbocycles. The SMILES string of the molecule is CCC(=O)NC(C(=O)O)C(C)N=C=S.[Y]. The Morgan fingerprint density at radius 3 is 2.47 bits per heavy atom. The van der Waals surface area contributed by atoms with Gasteiger partial charge >= 0.3 is 5.97 Å². The molecule has 2 N–H and O–H groups in total. The van der Waals surface area contributed by atoms with Gasteiger partial charge in [0.15, 0.2) is 0 Å². The minimum atomic E-state index is -1.13. The maximum Gasteiger partial charge on any atom is 0.328 e. The van der Waals surface area contributed by atoms with Crippen LogP contribution < -0.4 is 5.32 Å². The van der Waals surface area contributed by atoms with E-state index in [1.54, 1.807) is 13.8 Å². The second-order valence-electron chi connectivity index (χ2n) is 2.70. The fraction of sp³-hybridized carbons (Fsp3) is 0.625. The van der Waals surface area contributed by atoms with Crippen molar-refractivity contribution in [2.45, 2.75) is 32.4 Å². The second-order valence-corrected chi connectivity index (χ2v) is 2.88. The number of amides is 1. The maximum atomic E-state index is 11.0. The molecular weight excluding hydrogens is 293 g/mol. The Morgan fingerprint density at radius 1 is 1.60 bits per heavy atom. The number of hydrogen-bond donors (Lipinski definition) is 2. The molecular formula is C8H12N2O3SY. The van der Waals surface area contributed by atoms with E-state index in [0.29, 0.717) is 0 Å². The molecule has 2 atom stereocenters. The van der Waals surface area contributed by atoms with Crippen molar-refractivity contribution in [3.63, 3.8) is 0 Å². The molecule has 0 aliphatic carbocycles. The van der Waals surface area contributed by atoms with E-state index < -0.39 is 18.1 Å². The smallest absolute Gasteiger partial charge is 0.328 e. The number of isothiocyanates is 1. The minimum Gasteiger partial charge on any atom is -0.480 e. The van der Waals surface area contributed by atoms with Gasteiger partial charge in [-0.25, -0.2) is 9.79 Å². The number of nitrogens with zero attached hydrogens (tertiary/aromatic N) is 1. The third-order valence-electron chi connectivity index (χ3n) is 1.64. The molecule has 0 aliphatic rings. The molecule has 0 heterocycles. The number of carboxylic acid groups (broad SMARTS) is 1. The summed E-state index contributed by atoms with van der Waals surface area (Å²) in [5.41, 5.74) is 0. The second kappa shape index (κ2) is 9.10. The largest absolute Gasteiger partial charge is 0.480 e. The molecule has 5 nitrogen and oxygen atoms in total. The van der Waals surface area contributed by atoms with Crippen molar-refractivity contribution in [2.24, 2.45) is 4.99 Å². The molecule has 0 fully saturated rings. The average molecular weight is 305 g/mol. The summed E-state index contributed by atoms with van der Waals surface area (Å²) in [6, 6.07) is -1.65. The first kappa shape index (κ1) is 17.2. The van der Waals surface area contributed by atoms with Crippen LogP contribution in [0.15, 0.2) is 4.99 Å². The fourth-order valence-corrected chi connectivity index (χ4v) is 0.988. The van der Waals surface area contributed by atoms with E-state index in [2.05, 4.69) is 27.7 Å². The number of hydrogen-bond acceptors (Lipinski definition) is 4. The Kier molecular flexibility index (Phi) is 10.5. The summed E-state index contributed by atoms with van der Waals surface area (Å²) in [7, 11) is 0. The Bertz CT molecular complexity index is 279. The monoisotopic (exact) mass is 305 g/mol. The summed E-state index contributed by atoms with van der Waals surface area (Å²) in [6.45, 7) is 3.19. The van der Waals surface area contributed by atoms with E-state index in [9.17, 15) is 9.59 Å². The van der Waals surface area contributed by atoms with Crippen LogP contribution in [0.1, 0.15) is 20.3 Å². The van der Waals surface area contributed by atoms with Gasteiger partial charge in [-0.2, -0.15) is 0 Å². The standard InChI is InChI=1S/C8H12N2O3S.Y/c1-3-6(11)10-7(8(12)13)5(2)9-4-14;/h5,7H,3H2,1-2H3,(H,10,11)(H,12,13);. The van der Waals surface area contributed by atoms with E-state index in [-0.39, 0.29) is 45.0 Å². The van der Waals surface area contributed by atoms with Crippen molar-refractivity contribution in [2.75, 3.05) is 0 Å². The first-order valence-electron chi connectivity index (χ1n) is 4.12. The van der Waals surface area contributed by atoms with Crippen molar-refractivity contribution >= 4 is 29.3 Å². The molecule has 0 bridgehead atoms. The maximum absolute atomic E-state index is 11.0. The fourth-order valence-electron chi connectivity index (χ4n) is 0.822. The van der Waals surface area contributed by atoms with E-state index in [1.165, 1.54) is 0 Å². The van der Waals surface area contributed by atoms with E-state index in [0.717, 1.165) is 0 Å². The number of carbonyl (C=O) groups excluding carboxylic acids is 1. The zero-order valence-electron chi connectivity index (χ0n) is 8.56. The van der Waals surface area contributed by atoms with Gasteiger partial charge in [0.1, 0.15) is 6.04 Å². The molecule has 0 spiro atoms. The van der Waals surface area contributed by atoms with Crippen LogP contribution in [-0.2, 0) is 42.3 Å². The molecule has 15 heavy (non-hydrogen) atoms. The average Bonchev–Trinajstić information content (AvgIpc) is 2.13. The van der Waals surface area contributed by atoms with Crippen LogP contribution in [-0.4, -0.2) is 34.2 Å². The summed E-state index contributed by atoms with van der Waals surface area (Å²) in [5, 5.41) is 13.2. The number of aliphatic carboxylic acids is 1. The number of thiocarbonyl (C=S) groups is 1. The molecule has 1 amide bonds. The number of rotatable bonds is 5. The first-order valence-corrected chi connectivity index (χ1v) is 4.52. The van der Waals surface area contributed by atoms with E-state index in [4.69, 9.17) is 5.11 Å². The summed E-state index contributed by atoms with van der Waals surface area (Å²) < 4.78 is 0. The predicted molar refractivity (Wildman–Crippen MR) is 54.3 cm³/mol. The van der Waals surface area contributed by atoms with Gasteiger partial charge in [-0.1, -0.05) is 6.92 Å². The molecule has 0 saturated heterocycles.